The minimum atomic E-state index is 0.487. The van der Waals surface area contributed by atoms with Gasteiger partial charge >= 0.3 is 0 Å². The first-order chi connectivity index (χ1) is 6.67. The molecule has 0 amide bonds. The Morgan fingerprint density at radius 1 is 1.36 bits per heavy atom. The van der Waals surface area contributed by atoms with Gasteiger partial charge in [0, 0.05) is 25.7 Å². The Kier molecular flexibility index (Phi) is 8.14. The maximum Gasteiger partial charge on any atom is 0.0593 e. The number of hydrogen-bond acceptors (Lipinski definition) is 3. The minimum absolute atomic E-state index is 0.487. The topological polar surface area (TPSA) is 38.5 Å². The van der Waals surface area contributed by atoms with Gasteiger partial charge < -0.3 is 10.5 Å². The predicted octanol–water partition coefficient (Wildman–Crippen LogP) is 1.33. The van der Waals surface area contributed by atoms with Crippen molar-refractivity contribution in [3.8, 4) is 0 Å². The first kappa shape index (κ1) is 13.9. The summed E-state index contributed by atoms with van der Waals surface area (Å²) >= 11 is 0. The molecule has 0 radical (unpaired) electrons. The Balaban J connectivity index is 3.84. The van der Waals surface area contributed by atoms with Crippen molar-refractivity contribution >= 4 is 0 Å². The van der Waals surface area contributed by atoms with Crippen molar-refractivity contribution in [1.29, 1.82) is 0 Å². The minimum Gasteiger partial charge on any atom is -0.380 e. The second kappa shape index (κ2) is 8.21. The molecule has 0 bridgehead atoms. The molecule has 0 aromatic heterocycles. The number of ether oxygens (including phenoxy) is 1. The van der Waals surface area contributed by atoms with Crippen molar-refractivity contribution in [2.75, 3.05) is 33.4 Å². The highest BCUT2D eigenvalue weighted by molar-refractivity contribution is 4.74. The average molecular weight is 202 g/mol. The molecule has 0 aromatic carbocycles. The van der Waals surface area contributed by atoms with Crippen molar-refractivity contribution in [3.63, 3.8) is 0 Å². The number of nitrogens with two attached hydrogens (primary N) is 1. The van der Waals surface area contributed by atoms with Crippen LogP contribution in [0.5, 0.6) is 0 Å². The molecule has 0 rings (SSSR count). The highest BCUT2D eigenvalue weighted by atomic mass is 16.5. The lowest BCUT2D eigenvalue weighted by atomic mass is 9.98. The number of likely N-dealkylation sites (N-methyl/N-ethyl adjacent to an activating group) is 1. The van der Waals surface area contributed by atoms with Crippen molar-refractivity contribution in [3.05, 3.63) is 0 Å². The Morgan fingerprint density at radius 2 is 2.00 bits per heavy atom. The molecule has 3 heteroatoms. The van der Waals surface area contributed by atoms with Gasteiger partial charge in [-0.25, -0.2) is 0 Å². The summed E-state index contributed by atoms with van der Waals surface area (Å²) in [6.45, 7) is 9.80. The van der Waals surface area contributed by atoms with Crippen LogP contribution in [0.4, 0.5) is 0 Å². The summed E-state index contributed by atoms with van der Waals surface area (Å²) in [6.07, 6.45) is 1.18. The van der Waals surface area contributed by atoms with E-state index < -0.39 is 0 Å². The monoisotopic (exact) mass is 202 g/mol. The molecule has 0 aliphatic rings. The molecule has 2 atom stereocenters. The molecule has 0 heterocycles. The van der Waals surface area contributed by atoms with Gasteiger partial charge in [0.1, 0.15) is 0 Å². The first-order valence-electron chi connectivity index (χ1n) is 5.65. The zero-order chi connectivity index (χ0) is 11.0. The second-order valence-corrected chi connectivity index (χ2v) is 3.87. The third-order valence-corrected chi connectivity index (χ3v) is 2.90. The van der Waals surface area contributed by atoms with Crippen LogP contribution in [-0.4, -0.2) is 44.3 Å². The lowest BCUT2D eigenvalue weighted by Gasteiger charge is -2.31. The van der Waals surface area contributed by atoms with Crippen LogP contribution in [0.3, 0.4) is 0 Å². The van der Waals surface area contributed by atoms with Crippen LogP contribution in [0.1, 0.15) is 27.2 Å². The van der Waals surface area contributed by atoms with Crippen LogP contribution in [0, 0.1) is 5.92 Å². The molecule has 0 fully saturated rings. The summed E-state index contributed by atoms with van der Waals surface area (Å²) in [4.78, 5) is 2.31. The fourth-order valence-electron chi connectivity index (χ4n) is 1.64. The van der Waals surface area contributed by atoms with Crippen LogP contribution >= 0.6 is 0 Å². The number of rotatable bonds is 8. The molecule has 86 valence electrons. The molecule has 0 aliphatic heterocycles. The Bertz CT molecular complexity index is 130. The van der Waals surface area contributed by atoms with E-state index in [0.717, 1.165) is 26.3 Å². The highest BCUT2D eigenvalue weighted by Gasteiger charge is 2.18. The van der Waals surface area contributed by atoms with E-state index in [0.29, 0.717) is 12.0 Å². The maximum absolute atomic E-state index is 5.77. The molecule has 14 heavy (non-hydrogen) atoms. The van der Waals surface area contributed by atoms with Gasteiger partial charge in [0.05, 0.1) is 6.61 Å². The predicted molar refractivity (Wildman–Crippen MR) is 61.4 cm³/mol. The van der Waals surface area contributed by atoms with Gasteiger partial charge in [-0.1, -0.05) is 20.3 Å². The van der Waals surface area contributed by atoms with Crippen molar-refractivity contribution in [2.24, 2.45) is 11.7 Å². The van der Waals surface area contributed by atoms with Gasteiger partial charge in [-0.05, 0) is 19.9 Å². The number of hydrogen-bond donors (Lipinski definition) is 1. The van der Waals surface area contributed by atoms with Gasteiger partial charge in [-0.2, -0.15) is 0 Å². The van der Waals surface area contributed by atoms with E-state index in [1.54, 1.807) is 0 Å². The summed E-state index contributed by atoms with van der Waals surface area (Å²) in [5.41, 5.74) is 5.77. The smallest absolute Gasteiger partial charge is 0.0593 e. The van der Waals surface area contributed by atoms with Gasteiger partial charge in [-0.3, -0.25) is 4.90 Å². The van der Waals surface area contributed by atoms with Crippen LogP contribution in [0.25, 0.3) is 0 Å². The molecule has 2 unspecified atom stereocenters. The lowest BCUT2D eigenvalue weighted by Crippen LogP contribution is -2.43. The van der Waals surface area contributed by atoms with E-state index in [1.807, 2.05) is 6.92 Å². The standard InChI is InChI=1S/C11H26N2O/c1-5-10(3)11(9-12)13(4)7-8-14-6-2/h10-11H,5-9,12H2,1-4H3. The summed E-state index contributed by atoms with van der Waals surface area (Å²) in [5.74, 6) is 0.659. The van der Waals surface area contributed by atoms with Gasteiger partial charge in [0.2, 0.25) is 0 Å². The molecule has 0 saturated carbocycles. The van der Waals surface area contributed by atoms with Crippen molar-refractivity contribution in [2.45, 2.75) is 33.2 Å². The van der Waals surface area contributed by atoms with Crippen LogP contribution in [0.2, 0.25) is 0 Å². The molecule has 3 nitrogen and oxygen atoms in total. The van der Waals surface area contributed by atoms with Crippen LogP contribution in [0.15, 0.2) is 0 Å². The van der Waals surface area contributed by atoms with Gasteiger partial charge in [0.25, 0.3) is 0 Å². The zero-order valence-electron chi connectivity index (χ0n) is 10.1. The Hall–Kier alpha value is -0.120. The first-order valence-corrected chi connectivity index (χ1v) is 5.65. The molecular formula is C11H26N2O. The fraction of sp³-hybridized carbons (Fsp3) is 1.00. The van der Waals surface area contributed by atoms with E-state index in [4.69, 9.17) is 10.5 Å². The summed E-state index contributed by atoms with van der Waals surface area (Å²) in [5, 5.41) is 0. The second-order valence-electron chi connectivity index (χ2n) is 3.87. The SMILES string of the molecule is CCOCCN(C)C(CN)C(C)CC. The van der Waals surface area contributed by atoms with E-state index in [9.17, 15) is 0 Å². The maximum atomic E-state index is 5.77. The molecule has 2 N–H and O–H groups in total. The van der Waals surface area contributed by atoms with E-state index in [2.05, 4.69) is 25.8 Å². The normalized spacial score (nSPS) is 15.9. The Morgan fingerprint density at radius 3 is 2.43 bits per heavy atom. The Labute approximate surface area is 88.6 Å². The largest absolute Gasteiger partial charge is 0.380 e. The van der Waals surface area contributed by atoms with Gasteiger partial charge in [0.15, 0.2) is 0 Å². The summed E-state index contributed by atoms with van der Waals surface area (Å²) < 4.78 is 5.33. The third kappa shape index (κ3) is 4.94. The molecule has 0 spiro atoms. The van der Waals surface area contributed by atoms with Crippen LogP contribution < -0.4 is 5.73 Å². The fourth-order valence-corrected chi connectivity index (χ4v) is 1.64. The van der Waals surface area contributed by atoms with E-state index >= 15 is 0 Å². The molecule has 0 saturated heterocycles. The van der Waals surface area contributed by atoms with Gasteiger partial charge in [-0.15, -0.1) is 0 Å². The lowest BCUT2D eigenvalue weighted by molar-refractivity contribution is 0.0952. The van der Waals surface area contributed by atoms with Crippen LogP contribution in [-0.2, 0) is 4.74 Å². The third-order valence-electron chi connectivity index (χ3n) is 2.90. The van der Waals surface area contributed by atoms with Crippen molar-refractivity contribution in [1.82, 2.24) is 4.90 Å². The highest BCUT2D eigenvalue weighted by Crippen LogP contribution is 2.11. The molecule has 0 aliphatic carbocycles. The summed E-state index contributed by atoms with van der Waals surface area (Å²) in [6, 6.07) is 0.487. The average Bonchev–Trinajstić information content (AvgIpc) is 2.19. The van der Waals surface area contributed by atoms with E-state index in [-0.39, 0.29) is 0 Å². The zero-order valence-corrected chi connectivity index (χ0v) is 10.1. The number of nitrogens with zero attached hydrogens (tertiary/aromatic N) is 1. The van der Waals surface area contributed by atoms with Crippen molar-refractivity contribution < 1.29 is 4.74 Å². The summed E-state index contributed by atoms with van der Waals surface area (Å²) in [7, 11) is 2.13. The molecular weight excluding hydrogens is 176 g/mol. The molecule has 0 aromatic rings. The van der Waals surface area contributed by atoms with E-state index in [1.165, 1.54) is 6.42 Å². The quantitative estimate of drug-likeness (QED) is 0.603.